The summed E-state index contributed by atoms with van der Waals surface area (Å²) in [6.45, 7) is 0. The maximum Gasteiger partial charge on any atom is 0.274 e. The normalized spacial score (nSPS) is 10.6. The van der Waals surface area contributed by atoms with Gasteiger partial charge in [-0.05, 0) is 90.2 Å². The summed E-state index contributed by atoms with van der Waals surface area (Å²) in [5.41, 5.74) is 6.99. The van der Waals surface area contributed by atoms with Crippen LogP contribution in [-0.4, -0.2) is 63.8 Å². The largest absolute Gasteiger partial charge is 0.324 e. The minimum Gasteiger partial charge on any atom is -0.324 e. The van der Waals surface area contributed by atoms with Gasteiger partial charge in [0, 0.05) is 74.1 Å². The molecule has 4 heterocycles. The number of hydrogen-bond donors (Lipinski definition) is 4. The number of alkyl halides is 2. The molecule has 330 valence electrons. The highest BCUT2D eigenvalue weighted by atomic mass is 35.5. The SMILES string of the molecule is C.CS(=O)c1ccc(Nc2nccc(C(=O)Nc3cnccc3-c3ccccc3)n2)cc1.CSc1ccc(Nc2nccc(C(=O)Nc3cnccc3-c3ccccc3)n2)cc1.ClCCl. The van der Waals surface area contributed by atoms with Crippen molar-refractivity contribution in [1.82, 2.24) is 29.9 Å². The molecule has 4 aromatic carbocycles. The lowest BCUT2D eigenvalue weighted by molar-refractivity contribution is 0.101. The molecule has 1 unspecified atom stereocenters. The number of benzene rings is 4. The second-order valence-electron chi connectivity index (χ2n) is 13.1. The second-order valence-corrected chi connectivity index (χ2v) is 16.1. The van der Waals surface area contributed by atoms with E-state index in [4.69, 9.17) is 23.2 Å². The molecule has 4 aromatic heterocycles. The molecule has 1 atom stereocenters. The lowest BCUT2D eigenvalue weighted by Gasteiger charge is -2.11. The number of amides is 2. The van der Waals surface area contributed by atoms with Gasteiger partial charge in [0.1, 0.15) is 11.4 Å². The first-order valence-electron chi connectivity index (χ1n) is 19.3. The molecule has 0 spiro atoms. The third-order valence-electron chi connectivity index (χ3n) is 8.87. The quantitative estimate of drug-likeness (QED) is 0.0674. The van der Waals surface area contributed by atoms with Crippen LogP contribution in [0.1, 0.15) is 28.4 Å². The van der Waals surface area contributed by atoms with Crippen molar-refractivity contribution in [3.8, 4) is 22.3 Å². The van der Waals surface area contributed by atoms with Gasteiger partial charge in [-0.2, -0.15) is 0 Å². The first-order valence-corrected chi connectivity index (χ1v) is 23.1. The molecule has 0 fully saturated rings. The number of hydrogen-bond acceptors (Lipinski definition) is 12. The van der Waals surface area contributed by atoms with E-state index in [1.54, 1.807) is 85.4 Å². The summed E-state index contributed by atoms with van der Waals surface area (Å²) in [6, 6.07) is 41.5. The molecule has 65 heavy (non-hydrogen) atoms. The monoisotopic (exact) mass is 942 g/mol. The highest BCUT2D eigenvalue weighted by Gasteiger charge is 2.15. The molecule has 0 saturated heterocycles. The lowest BCUT2D eigenvalue weighted by Crippen LogP contribution is -2.15. The standard InChI is InChI=1S/C23H19N5O2S.C23H19N5OS.CH2Cl2.CH4/c1-31(30)18-9-7-17(8-10-18)26-23-25-14-12-20(28-23)22(29)27-21-15-24-13-11-19(21)16-5-3-2-4-6-16;1-30-18-9-7-17(8-10-18)26-23-25-14-12-20(28-23)22(29)27-21-15-24-13-11-19(21)16-5-3-2-4-6-16;2-1-3;/h2-15H,1H3,(H,27,29)(H,25,26,28);2-15H,1H3,(H,27,29)(H,25,26,28);1H2;1H4. The van der Waals surface area contributed by atoms with Gasteiger partial charge in [0.05, 0.1) is 29.1 Å². The van der Waals surface area contributed by atoms with Crippen LogP contribution in [0.3, 0.4) is 0 Å². The molecule has 8 aromatic rings. The topological polar surface area (TPSA) is 177 Å². The number of nitrogens with zero attached hydrogens (tertiary/aromatic N) is 6. The van der Waals surface area contributed by atoms with Gasteiger partial charge in [-0.15, -0.1) is 35.0 Å². The predicted molar refractivity (Wildman–Crippen MR) is 266 cm³/mol. The zero-order chi connectivity index (χ0) is 45.1. The van der Waals surface area contributed by atoms with E-state index >= 15 is 0 Å². The van der Waals surface area contributed by atoms with Gasteiger partial charge in [-0.1, -0.05) is 68.1 Å². The fourth-order valence-corrected chi connectivity index (χ4v) is 6.78. The Hall–Kier alpha value is -7.04. The Kier molecular flexibility index (Phi) is 19.1. The molecule has 8 rings (SSSR count). The number of halogens is 2. The Bertz CT molecular complexity index is 2790. The van der Waals surface area contributed by atoms with E-state index in [0.29, 0.717) is 17.3 Å². The molecule has 13 nitrogen and oxygen atoms in total. The van der Waals surface area contributed by atoms with Crippen LogP contribution in [0.2, 0.25) is 0 Å². The lowest BCUT2D eigenvalue weighted by atomic mass is 10.1. The van der Waals surface area contributed by atoms with Crippen LogP contribution >= 0.6 is 35.0 Å². The van der Waals surface area contributed by atoms with E-state index in [9.17, 15) is 13.8 Å². The maximum absolute atomic E-state index is 12.8. The van der Waals surface area contributed by atoms with E-state index in [0.717, 1.165) is 38.5 Å². The number of carbonyl (C=O) groups excluding carboxylic acids is 2. The van der Waals surface area contributed by atoms with Crippen molar-refractivity contribution in [2.24, 2.45) is 0 Å². The summed E-state index contributed by atoms with van der Waals surface area (Å²) in [5, 5.41) is 12.2. The highest BCUT2D eigenvalue weighted by Crippen LogP contribution is 2.29. The van der Waals surface area contributed by atoms with Gasteiger partial charge in [0.25, 0.3) is 11.8 Å². The van der Waals surface area contributed by atoms with Crippen LogP contribution < -0.4 is 21.3 Å². The van der Waals surface area contributed by atoms with Crippen molar-refractivity contribution in [1.29, 1.82) is 0 Å². The van der Waals surface area contributed by atoms with E-state index in [1.165, 1.54) is 11.1 Å². The van der Waals surface area contributed by atoms with Crippen molar-refractivity contribution in [3.63, 3.8) is 0 Å². The number of carbonyl (C=O) groups is 2. The van der Waals surface area contributed by atoms with Gasteiger partial charge in [-0.3, -0.25) is 23.8 Å². The van der Waals surface area contributed by atoms with Crippen molar-refractivity contribution < 1.29 is 13.8 Å². The fourth-order valence-electron chi connectivity index (χ4n) is 5.85. The Labute approximate surface area is 394 Å². The fraction of sp³-hybridized carbons (Fsp3) is 0.0833. The minimum atomic E-state index is -1.05. The predicted octanol–water partition coefficient (Wildman–Crippen LogP) is 11.6. The van der Waals surface area contributed by atoms with E-state index in [2.05, 4.69) is 51.2 Å². The molecule has 0 aliphatic rings. The number of pyridine rings is 2. The molecule has 17 heteroatoms. The molecule has 0 aliphatic heterocycles. The summed E-state index contributed by atoms with van der Waals surface area (Å²) in [4.78, 5) is 52.9. The van der Waals surface area contributed by atoms with Crippen LogP contribution in [0.25, 0.3) is 22.3 Å². The molecule has 0 aliphatic carbocycles. The number of thioether (sulfide) groups is 1. The third-order valence-corrected chi connectivity index (χ3v) is 10.6. The second kappa shape index (κ2) is 25.3. The minimum absolute atomic E-state index is 0. The van der Waals surface area contributed by atoms with Gasteiger partial charge < -0.3 is 21.3 Å². The summed E-state index contributed by atoms with van der Waals surface area (Å²) < 4.78 is 11.5. The summed E-state index contributed by atoms with van der Waals surface area (Å²) in [5.74, 6) is -0.0581. The zero-order valence-corrected chi connectivity index (χ0v) is 37.5. The Morgan fingerprint density at radius 3 is 1.40 bits per heavy atom. The van der Waals surface area contributed by atoms with Gasteiger partial charge in [0.15, 0.2) is 0 Å². The molecular weight excluding hydrogens is 900 g/mol. The van der Waals surface area contributed by atoms with Crippen LogP contribution in [0.4, 0.5) is 34.6 Å². The Balaban J connectivity index is 0.000000227. The molecular formula is C48H44Cl2N10O3S2. The van der Waals surface area contributed by atoms with E-state index < -0.39 is 10.8 Å². The summed E-state index contributed by atoms with van der Waals surface area (Å²) >= 11 is 11.2. The van der Waals surface area contributed by atoms with Crippen LogP contribution in [0.15, 0.2) is 180 Å². The number of rotatable bonds is 12. The van der Waals surface area contributed by atoms with E-state index in [-0.39, 0.29) is 41.9 Å². The van der Waals surface area contributed by atoms with Crippen molar-refractivity contribution in [2.75, 3.05) is 39.1 Å². The van der Waals surface area contributed by atoms with Gasteiger partial charge in [0.2, 0.25) is 11.9 Å². The van der Waals surface area contributed by atoms with Gasteiger partial charge in [-0.25, -0.2) is 19.9 Å². The molecule has 0 bridgehead atoms. The highest BCUT2D eigenvalue weighted by molar-refractivity contribution is 7.98. The van der Waals surface area contributed by atoms with Crippen molar-refractivity contribution in [3.05, 3.63) is 182 Å². The average Bonchev–Trinajstić information content (AvgIpc) is 3.33. The van der Waals surface area contributed by atoms with E-state index in [1.807, 2.05) is 103 Å². The smallest absolute Gasteiger partial charge is 0.274 e. The molecule has 2 amide bonds. The molecule has 0 saturated carbocycles. The van der Waals surface area contributed by atoms with Crippen molar-refractivity contribution in [2.45, 2.75) is 17.2 Å². The summed E-state index contributed by atoms with van der Waals surface area (Å²) in [6.07, 6.45) is 13.4. The number of anilines is 6. The molecule has 4 N–H and O–H groups in total. The van der Waals surface area contributed by atoms with Gasteiger partial charge >= 0.3 is 0 Å². The van der Waals surface area contributed by atoms with Crippen LogP contribution in [0.5, 0.6) is 0 Å². The first kappa shape index (κ1) is 49.0. The number of nitrogens with one attached hydrogen (secondary N) is 4. The van der Waals surface area contributed by atoms with Crippen molar-refractivity contribution >= 4 is 92.2 Å². The summed E-state index contributed by atoms with van der Waals surface area (Å²) in [7, 11) is -1.05. The average molecular weight is 944 g/mol. The number of aromatic nitrogens is 6. The van der Waals surface area contributed by atoms with Crippen LogP contribution in [0, 0.1) is 0 Å². The molecule has 0 radical (unpaired) electrons. The first-order chi connectivity index (χ1) is 31.2. The third kappa shape index (κ3) is 14.5. The Morgan fingerprint density at radius 2 is 1.00 bits per heavy atom. The van der Waals surface area contributed by atoms with Crippen LogP contribution in [-0.2, 0) is 10.8 Å². The zero-order valence-electron chi connectivity index (χ0n) is 34.4. The maximum atomic E-state index is 12.8. The Morgan fingerprint density at radius 1 is 0.585 bits per heavy atom.